The van der Waals surface area contributed by atoms with Gasteiger partial charge < -0.3 is 14.2 Å². The minimum Gasteiger partial charge on any atom is -0.472 e. The average molecular weight is 388 g/mol. The number of aromatic nitrogens is 2. The second-order valence-electron chi connectivity index (χ2n) is 6.68. The number of nitrogens with zero attached hydrogens (tertiary/aromatic N) is 3. The minimum atomic E-state index is -0.795. The number of piperidine rings is 1. The molecule has 1 aromatic carbocycles. The second kappa shape index (κ2) is 7.89. The van der Waals surface area contributed by atoms with Gasteiger partial charge >= 0.3 is 0 Å². The normalized spacial score (nSPS) is 15.6. The highest BCUT2D eigenvalue weighted by molar-refractivity contribution is 5.92. The van der Waals surface area contributed by atoms with Gasteiger partial charge in [-0.1, -0.05) is 0 Å². The van der Waals surface area contributed by atoms with E-state index in [9.17, 15) is 13.6 Å². The molecule has 1 aliphatic heterocycles. The second-order valence-corrected chi connectivity index (χ2v) is 6.68. The van der Waals surface area contributed by atoms with Gasteiger partial charge in [-0.2, -0.15) is 0 Å². The summed E-state index contributed by atoms with van der Waals surface area (Å²) in [5.41, 5.74) is 0.708. The van der Waals surface area contributed by atoms with Gasteiger partial charge in [-0.25, -0.2) is 8.78 Å². The van der Waals surface area contributed by atoms with E-state index in [4.69, 9.17) is 8.83 Å². The fraction of sp³-hybridized carbons (Fsp3) is 0.316. The van der Waals surface area contributed by atoms with Gasteiger partial charge in [0, 0.05) is 12.0 Å². The Morgan fingerprint density at radius 2 is 2.04 bits per heavy atom. The zero-order valence-corrected chi connectivity index (χ0v) is 14.9. The van der Waals surface area contributed by atoms with E-state index in [0.717, 1.165) is 30.5 Å². The molecule has 28 heavy (non-hydrogen) atoms. The maximum Gasteiger partial charge on any atom is 0.250 e. The molecular weight excluding hydrogens is 370 g/mol. The molecule has 0 unspecified atom stereocenters. The highest BCUT2D eigenvalue weighted by Gasteiger charge is 2.26. The average Bonchev–Trinajstić information content (AvgIpc) is 3.36. The summed E-state index contributed by atoms with van der Waals surface area (Å²) in [6, 6.07) is 4.81. The van der Waals surface area contributed by atoms with Crippen LogP contribution in [0, 0.1) is 11.6 Å². The predicted molar refractivity (Wildman–Crippen MR) is 95.4 cm³/mol. The van der Waals surface area contributed by atoms with E-state index in [1.165, 1.54) is 6.07 Å². The van der Waals surface area contributed by atoms with Crippen molar-refractivity contribution in [1.82, 2.24) is 15.1 Å². The van der Waals surface area contributed by atoms with Gasteiger partial charge in [0.2, 0.25) is 11.8 Å². The minimum absolute atomic E-state index is 0.0288. The summed E-state index contributed by atoms with van der Waals surface area (Å²) < 4.78 is 37.3. The third-order valence-electron chi connectivity index (χ3n) is 4.72. The highest BCUT2D eigenvalue weighted by Crippen LogP contribution is 2.29. The Kier molecular flexibility index (Phi) is 5.16. The van der Waals surface area contributed by atoms with Crippen LogP contribution in [0.3, 0.4) is 0 Å². The monoisotopic (exact) mass is 388 g/mol. The molecule has 4 rings (SSSR count). The number of nitrogens with one attached hydrogen (secondary N) is 1. The van der Waals surface area contributed by atoms with Crippen LogP contribution in [-0.4, -0.2) is 40.6 Å². The molecule has 0 bridgehead atoms. The van der Waals surface area contributed by atoms with Gasteiger partial charge in [-0.15, -0.1) is 10.2 Å². The van der Waals surface area contributed by atoms with Crippen LogP contribution >= 0.6 is 0 Å². The summed E-state index contributed by atoms with van der Waals surface area (Å²) in [5.74, 6) is -0.696. The van der Waals surface area contributed by atoms with Gasteiger partial charge in [0.15, 0.2) is 0 Å². The maximum absolute atomic E-state index is 13.6. The molecule has 1 aliphatic rings. The number of likely N-dealkylation sites (tertiary alicyclic amines) is 1. The zero-order chi connectivity index (χ0) is 19.5. The molecule has 0 saturated carbocycles. The van der Waals surface area contributed by atoms with Gasteiger partial charge in [0.1, 0.15) is 17.9 Å². The first-order valence-electron chi connectivity index (χ1n) is 8.92. The van der Waals surface area contributed by atoms with Crippen molar-refractivity contribution in [1.29, 1.82) is 0 Å². The molecule has 2 aromatic heterocycles. The molecule has 146 valence electrons. The molecule has 1 amide bonds. The lowest BCUT2D eigenvalue weighted by molar-refractivity contribution is -0.117. The summed E-state index contributed by atoms with van der Waals surface area (Å²) in [7, 11) is 0. The summed E-state index contributed by atoms with van der Waals surface area (Å²) in [6.45, 7) is 1.48. The van der Waals surface area contributed by atoms with Crippen molar-refractivity contribution in [3.05, 3.63) is 54.3 Å². The number of amides is 1. The van der Waals surface area contributed by atoms with Crippen molar-refractivity contribution in [2.24, 2.45) is 0 Å². The van der Waals surface area contributed by atoms with Crippen LogP contribution in [0.15, 0.2) is 45.6 Å². The molecule has 0 atom stereocenters. The molecule has 0 spiro atoms. The lowest BCUT2D eigenvalue weighted by Gasteiger charge is -2.29. The number of carbonyl (C=O) groups is 1. The van der Waals surface area contributed by atoms with Crippen molar-refractivity contribution in [2.45, 2.75) is 18.8 Å². The molecule has 1 fully saturated rings. The van der Waals surface area contributed by atoms with Crippen LogP contribution in [0.5, 0.6) is 0 Å². The van der Waals surface area contributed by atoms with E-state index in [2.05, 4.69) is 15.5 Å². The summed E-state index contributed by atoms with van der Waals surface area (Å²) in [4.78, 5) is 14.1. The number of carbonyl (C=O) groups excluding carboxylic acids is 1. The van der Waals surface area contributed by atoms with E-state index in [1.54, 1.807) is 18.6 Å². The van der Waals surface area contributed by atoms with Crippen molar-refractivity contribution in [2.75, 3.05) is 25.0 Å². The third-order valence-corrected chi connectivity index (χ3v) is 4.72. The molecule has 9 heteroatoms. The van der Waals surface area contributed by atoms with Crippen LogP contribution in [0.4, 0.5) is 14.5 Å². The number of furan rings is 1. The van der Waals surface area contributed by atoms with Crippen molar-refractivity contribution < 1.29 is 22.4 Å². The molecule has 3 heterocycles. The van der Waals surface area contributed by atoms with Crippen LogP contribution in [0.25, 0.3) is 11.5 Å². The Bertz CT molecular complexity index is 950. The predicted octanol–water partition coefficient (Wildman–Crippen LogP) is 3.43. The van der Waals surface area contributed by atoms with Crippen LogP contribution in [0.2, 0.25) is 0 Å². The molecule has 1 N–H and O–H groups in total. The Balaban J connectivity index is 1.29. The number of anilines is 1. The van der Waals surface area contributed by atoms with Gasteiger partial charge in [0.25, 0.3) is 5.89 Å². The Morgan fingerprint density at radius 1 is 1.21 bits per heavy atom. The van der Waals surface area contributed by atoms with E-state index >= 15 is 0 Å². The smallest absolute Gasteiger partial charge is 0.250 e. The topological polar surface area (TPSA) is 84.4 Å². The maximum atomic E-state index is 13.6. The molecule has 7 nitrogen and oxygen atoms in total. The summed E-state index contributed by atoms with van der Waals surface area (Å²) in [6.07, 6.45) is 4.62. The quantitative estimate of drug-likeness (QED) is 0.721. The van der Waals surface area contributed by atoms with E-state index in [1.807, 2.05) is 4.90 Å². The molecule has 0 radical (unpaired) electrons. The Hall–Kier alpha value is -3.07. The summed E-state index contributed by atoms with van der Waals surface area (Å²) >= 11 is 0. The molecule has 0 aliphatic carbocycles. The third kappa shape index (κ3) is 4.09. The van der Waals surface area contributed by atoms with Crippen molar-refractivity contribution in [3.8, 4) is 11.5 Å². The lowest BCUT2D eigenvalue weighted by atomic mass is 9.97. The van der Waals surface area contributed by atoms with Crippen molar-refractivity contribution >= 4 is 11.6 Å². The van der Waals surface area contributed by atoms with E-state index in [-0.39, 0.29) is 24.1 Å². The van der Waals surface area contributed by atoms with Crippen LogP contribution in [-0.2, 0) is 4.79 Å². The van der Waals surface area contributed by atoms with Crippen molar-refractivity contribution in [3.63, 3.8) is 0 Å². The van der Waals surface area contributed by atoms with Gasteiger partial charge in [0.05, 0.1) is 24.1 Å². The zero-order valence-electron chi connectivity index (χ0n) is 14.9. The first-order chi connectivity index (χ1) is 13.6. The highest BCUT2D eigenvalue weighted by atomic mass is 19.1. The van der Waals surface area contributed by atoms with Crippen LogP contribution < -0.4 is 5.32 Å². The number of hydrogen-bond donors (Lipinski definition) is 1. The van der Waals surface area contributed by atoms with Gasteiger partial charge in [-0.05, 0) is 44.1 Å². The first kappa shape index (κ1) is 18.3. The standard InChI is InChI=1S/C19H18F2N4O3/c20-14-1-2-16(15(21)9-14)22-17(26)10-25-6-3-12(4-7-25)18-23-24-19(28-18)13-5-8-27-11-13/h1-2,5,8-9,11-12H,3-4,6-7,10H2,(H,22,26). The van der Waals surface area contributed by atoms with Gasteiger partial charge in [-0.3, -0.25) is 9.69 Å². The summed E-state index contributed by atoms with van der Waals surface area (Å²) in [5, 5.41) is 10.6. The Labute approximate surface area is 159 Å². The van der Waals surface area contributed by atoms with E-state index < -0.39 is 11.6 Å². The first-order valence-corrected chi connectivity index (χ1v) is 8.92. The largest absolute Gasteiger partial charge is 0.472 e. The SMILES string of the molecule is O=C(CN1CCC(c2nnc(-c3ccoc3)o2)CC1)Nc1ccc(F)cc1F. The fourth-order valence-electron chi connectivity index (χ4n) is 3.22. The number of hydrogen-bond acceptors (Lipinski definition) is 6. The van der Waals surface area contributed by atoms with E-state index in [0.29, 0.717) is 24.9 Å². The molecule has 1 saturated heterocycles. The Morgan fingerprint density at radius 3 is 2.75 bits per heavy atom. The number of halogens is 2. The lowest BCUT2D eigenvalue weighted by Crippen LogP contribution is -2.38. The van der Waals surface area contributed by atoms with Crippen LogP contribution in [0.1, 0.15) is 24.7 Å². The number of rotatable bonds is 5. The molecular formula is C19H18F2N4O3. The fourth-order valence-corrected chi connectivity index (χ4v) is 3.22. The number of benzene rings is 1. The molecule has 3 aromatic rings.